The molecule has 0 aliphatic carbocycles. The highest BCUT2D eigenvalue weighted by molar-refractivity contribution is 5.93. The molecule has 2 fully saturated rings. The molecule has 0 N–H and O–H groups in total. The molecule has 0 aromatic carbocycles. The maximum atomic E-state index is 12.6. The van der Waals surface area contributed by atoms with Crippen LogP contribution in [0.4, 0.5) is 0 Å². The summed E-state index contributed by atoms with van der Waals surface area (Å²) in [4.78, 5) is 21.2. The molecule has 1 amide bonds. The number of methoxy groups -OCH3 is 1. The van der Waals surface area contributed by atoms with E-state index < -0.39 is 0 Å². The average Bonchev–Trinajstić information content (AvgIpc) is 3.20. The Morgan fingerprint density at radius 3 is 2.73 bits per heavy atom. The van der Waals surface area contributed by atoms with Gasteiger partial charge in [0.25, 0.3) is 5.91 Å². The number of carbonyl (C=O) groups excluding carboxylic acids is 1. The van der Waals surface area contributed by atoms with Crippen molar-refractivity contribution >= 4 is 5.91 Å². The Kier molecular flexibility index (Phi) is 4.78. The minimum Gasteiger partial charge on any atom is -0.472 e. The maximum Gasteiger partial charge on any atom is 0.257 e. The van der Waals surface area contributed by atoms with Gasteiger partial charge in [-0.05, 0) is 36.6 Å². The number of carbonyl (C=O) groups is 1. The lowest BCUT2D eigenvalue weighted by atomic mass is 9.63. The van der Waals surface area contributed by atoms with Crippen molar-refractivity contribution in [3.63, 3.8) is 0 Å². The summed E-state index contributed by atoms with van der Waals surface area (Å²) in [5.41, 5.74) is 2.20. The third-order valence-electron chi connectivity index (χ3n) is 5.88. The van der Waals surface area contributed by atoms with Gasteiger partial charge in [-0.25, -0.2) is 0 Å². The first-order chi connectivity index (χ1) is 12.7. The Bertz CT molecular complexity index is 724. The van der Waals surface area contributed by atoms with Gasteiger partial charge in [0.2, 0.25) is 0 Å². The number of hydrogen-bond donors (Lipinski definition) is 0. The summed E-state index contributed by atoms with van der Waals surface area (Å²) < 4.78 is 10.3. The highest BCUT2D eigenvalue weighted by Crippen LogP contribution is 2.54. The molecule has 6 nitrogen and oxygen atoms in total. The van der Waals surface area contributed by atoms with Crippen LogP contribution in [0.3, 0.4) is 0 Å². The summed E-state index contributed by atoms with van der Waals surface area (Å²) in [6.07, 6.45) is 8.86. The number of piperidine rings is 1. The Labute approximate surface area is 153 Å². The molecule has 2 aliphatic rings. The number of hydrogen-bond acceptors (Lipinski definition) is 5. The molecule has 26 heavy (non-hydrogen) atoms. The van der Waals surface area contributed by atoms with Crippen molar-refractivity contribution in [2.24, 2.45) is 5.41 Å². The summed E-state index contributed by atoms with van der Waals surface area (Å²) >= 11 is 0. The van der Waals surface area contributed by atoms with Crippen molar-refractivity contribution in [2.45, 2.75) is 18.9 Å². The molecule has 1 atom stereocenters. The second kappa shape index (κ2) is 7.21. The van der Waals surface area contributed by atoms with Gasteiger partial charge in [-0.2, -0.15) is 0 Å². The van der Waals surface area contributed by atoms with Crippen molar-refractivity contribution in [1.29, 1.82) is 0 Å². The van der Waals surface area contributed by atoms with E-state index in [-0.39, 0.29) is 11.3 Å². The van der Waals surface area contributed by atoms with Crippen LogP contribution in [-0.2, 0) is 4.74 Å². The lowest BCUT2D eigenvalue weighted by molar-refractivity contribution is -0.114. The molecule has 1 unspecified atom stereocenters. The minimum absolute atomic E-state index is 0.0737. The zero-order valence-corrected chi connectivity index (χ0v) is 15.1. The van der Waals surface area contributed by atoms with E-state index in [9.17, 15) is 4.79 Å². The summed E-state index contributed by atoms with van der Waals surface area (Å²) in [6, 6.07) is 6.36. The number of rotatable bonds is 5. The Balaban J connectivity index is 1.47. The maximum absolute atomic E-state index is 12.6. The molecule has 2 aromatic heterocycles. The molecule has 6 heteroatoms. The first-order valence-corrected chi connectivity index (χ1v) is 9.18. The quantitative estimate of drug-likeness (QED) is 0.825. The molecule has 2 aromatic rings. The highest BCUT2D eigenvalue weighted by Gasteiger charge is 2.53. The van der Waals surface area contributed by atoms with E-state index in [4.69, 9.17) is 9.15 Å². The van der Waals surface area contributed by atoms with Gasteiger partial charge in [-0.3, -0.25) is 14.7 Å². The number of amides is 1. The van der Waals surface area contributed by atoms with Gasteiger partial charge in [0, 0.05) is 57.1 Å². The van der Waals surface area contributed by atoms with Gasteiger partial charge in [-0.1, -0.05) is 0 Å². The summed E-state index contributed by atoms with van der Waals surface area (Å²) in [7, 11) is 1.75. The monoisotopic (exact) mass is 355 g/mol. The third-order valence-corrected chi connectivity index (χ3v) is 5.88. The molecule has 138 valence electrons. The number of pyridine rings is 1. The van der Waals surface area contributed by atoms with Crippen molar-refractivity contribution in [3.8, 4) is 0 Å². The number of furan rings is 1. The summed E-state index contributed by atoms with van der Waals surface area (Å²) in [5.74, 6) is 0.0737. The second-order valence-electron chi connectivity index (χ2n) is 7.31. The first-order valence-electron chi connectivity index (χ1n) is 9.18. The lowest BCUT2D eigenvalue weighted by Crippen LogP contribution is -2.62. The number of likely N-dealkylation sites (tertiary alicyclic amines) is 2. The largest absolute Gasteiger partial charge is 0.472 e. The molecule has 0 radical (unpaired) electrons. The van der Waals surface area contributed by atoms with E-state index in [0.29, 0.717) is 11.6 Å². The molecular formula is C20H25N3O3. The van der Waals surface area contributed by atoms with Gasteiger partial charge in [0.15, 0.2) is 0 Å². The van der Waals surface area contributed by atoms with Crippen LogP contribution in [-0.4, -0.2) is 60.6 Å². The van der Waals surface area contributed by atoms with Crippen molar-refractivity contribution in [3.05, 3.63) is 54.2 Å². The topological polar surface area (TPSA) is 58.8 Å². The number of ether oxygens (including phenoxy) is 1. The fourth-order valence-electron chi connectivity index (χ4n) is 4.54. The molecule has 4 rings (SSSR count). The molecule has 0 saturated carbocycles. The van der Waals surface area contributed by atoms with E-state index in [1.165, 1.54) is 11.8 Å². The Morgan fingerprint density at radius 2 is 2.08 bits per heavy atom. The fraction of sp³-hybridized carbons (Fsp3) is 0.500. The van der Waals surface area contributed by atoms with E-state index in [1.807, 2.05) is 17.3 Å². The van der Waals surface area contributed by atoms with Crippen LogP contribution in [0.2, 0.25) is 0 Å². The van der Waals surface area contributed by atoms with Crippen molar-refractivity contribution < 1.29 is 13.9 Å². The Hall–Kier alpha value is -2.18. The molecule has 2 saturated heterocycles. The Morgan fingerprint density at radius 1 is 1.31 bits per heavy atom. The third kappa shape index (κ3) is 3.04. The second-order valence-corrected chi connectivity index (χ2v) is 7.31. The van der Waals surface area contributed by atoms with E-state index >= 15 is 0 Å². The molecular weight excluding hydrogens is 330 g/mol. The molecule has 0 bridgehead atoms. The SMILES string of the molecule is COCCN1CC2(CCN(C(=O)c3ccoc3)CC2)C1c1ccncc1. The molecule has 1 spiro atoms. The van der Waals surface area contributed by atoms with Crippen molar-refractivity contribution in [2.75, 3.05) is 39.9 Å². The van der Waals surface area contributed by atoms with Gasteiger partial charge < -0.3 is 14.1 Å². The first kappa shape index (κ1) is 17.2. The van der Waals surface area contributed by atoms with E-state index in [2.05, 4.69) is 22.0 Å². The van der Waals surface area contributed by atoms with Gasteiger partial charge in [-0.15, -0.1) is 0 Å². The lowest BCUT2D eigenvalue weighted by Gasteiger charge is -2.60. The molecule has 2 aliphatic heterocycles. The normalized spacial score (nSPS) is 22.3. The van der Waals surface area contributed by atoms with E-state index in [1.54, 1.807) is 19.4 Å². The standard InChI is InChI=1S/C20H25N3O3/c1-25-13-11-23-15-20(18(23)16-2-7-21-8-3-16)5-9-22(10-6-20)19(24)17-4-12-26-14-17/h2-4,7-8,12,14,18H,5-6,9-11,13,15H2,1H3. The van der Waals surface area contributed by atoms with Crippen LogP contribution < -0.4 is 0 Å². The van der Waals surface area contributed by atoms with Crippen LogP contribution in [0.1, 0.15) is 34.8 Å². The summed E-state index contributed by atoms with van der Waals surface area (Å²) in [6.45, 7) is 4.33. The van der Waals surface area contributed by atoms with Crippen LogP contribution >= 0.6 is 0 Å². The fourth-order valence-corrected chi connectivity index (χ4v) is 4.54. The molecule has 4 heterocycles. The predicted octanol–water partition coefficient (Wildman–Crippen LogP) is 2.60. The van der Waals surface area contributed by atoms with E-state index in [0.717, 1.165) is 45.6 Å². The smallest absolute Gasteiger partial charge is 0.257 e. The van der Waals surface area contributed by atoms with Crippen LogP contribution in [0, 0.1) is 5.41 Å². The number of aromatic nitrogens is 1. The minimum atomic E-state index is 0.0737. The number of nitrogens with zero attached hydrogens (tertiary/aromatic N) is 3. The predicted molar refractivity (Wildman–Crippen MR) is 96.7 cm³/mol. The van der Waals surface area contributed by atoms with Gasteiger partial charge >= 0.3 is 0 Å². The van der Waals surface area contributed by atoms with Gasteiger partial charge in [0.1, 0.15) is 6.26 Å². The zero-order chi connectivity index (χ0) is 18.0. The average molecular weight is 355 g/mol. The van der Waals surface area contributed by atoms with Crippen LogP contribution in [0.5, 0.6) is 0 Å². The summed E-state index contributed by atoms with van der Waals surface area (Å²) in [5, 5.41) is 0. The van der Waals surface area contributed by atoms with Crippen molar-refractivity contribution in [1.82, 2.24) is 14.8 Å². The zero-order valence-electron chi connectivity index (χ0n) is 15.1. The highest BCUT2D eigenvalue weighted by atomic mass is 16.5. The van der Waals surface area contributed by atoms with Crippen LogP contribution in [0.25, 0.3) is 0 Å². The van der Waals surface area contributed by atoms with Crippen LogP contribution in [0.15, 0.2) is 47.5 Å². The van der Waals surface area contributed by atoms with Gasteiger partial charge in [0.05, 0.1) is 18.4 Å².